The first-order valence-corrected chi connectivity index (χ1v) is 5.43. The fraction of sp³-hybridized carbons (Fsp3) is 0.583. The van der Waals surface area contributed by atoms with Crippen molar-refractivity contribution in [3.8, 4) is 0 Å². The van der Waals surface area contributed by atoms with E-state index in [0.717, 1.165) is 19.3 Å². The van der Waals surface area contributed by atoms with E-state index < -0.39 is 6.04 Å². The maximum atomic E-state index is 11.6. The second-order valence-electron chi connectivity index (χ2n) is 3.70. The molecule has 0 saturated heterocycles. The van der Waals surface area contributed by atoms with Gasteiger partial charge in [-0.1, -0.05) is 19.4 Å². The van der Waals surface area contributed by atoms with Gasteiger partial charge in [0.2, 0.25) is 12.2 Å². The molecule has 0 amide bonds. The van der Waals surface area contributed by atoms with E-state index in [1.165, 1.54) is 12.2 Å². The fourth-order valence-corrected chi connectivity index (χ4v) is 1.35. The van der Waals surface area contributed by atoms with Crippen LogP contribution in [0.2, 0.25) is 0 Å². The van der Waals surface area contributed by atoms with Crippen LogP contribution in [0.1, 0.15) is 32.6 Å². The Balaban J connectivity index is 4.02. The first-order chi connectivity index (χ1) is 8.13. The fourth-order valence-electron chi connectivity index (χ4n) is 1.35. The van der Waals surface area contributed by atoms with Crippen molar-refractivity contribution < 1.29 is 14.4 Å². The van der Waals surface area contributed by atoms with Gasteiger partial charge in [-0.2, -0.15) is 4.99 Å². The Labute approximate surface area is 100 Å². The highest BCUT2D eigenvalue weighted by molar-refractivity contribution is 5.98. The molecule has 92 valence electrons. The SMILES string of the molecule is C=C(C)C(=O)C(CCCCCN=C=O)N=C=O. The summed E-state index contributed by atoms with van der Waals surface area (Å²) in [5.74, 6) is -0.223. The Morgan fingerprint density at radius 3 is 2.47 bits per heavy atom. The highest BCUT2D eigenvalue weighted by atomic mass is 16.1. The minimum absolute atomic E-state index is 0.223. The van der Waals surface area contributed by atoms with Gasteiger partial charge in [0.25, 0.3) is 0 Å². The Bertz CT molecular complexity index is 364. The summed E-state index contributed by atoms with van der Waals surface area (Å²) in [5.41, 5.74) is 0.388. The number of ketones is 1. The molecule has 0 aromatic carbocycles. The van der Waals surface area contributed by atoms with Gasteiger partial charge in [-0.15, -0.1) is 0 Å². The van der Waals surface area contributed by atoms with Crippen LogP contribution >= 0.6 is 0 Å². The largest absolute Gasteiger partial charge is 0.292 e. The Kier molecular flexibility index (Phi) is 8.39. The maximum absolute atomic E-state index is 11.6. The van der Waals surface area contributed by atoms with Crippen LogP contribution in [0.5, 0.6) is 0 Å². The van der Waals surface area contributed by atoms with Crippen molar-refractivity contribution in [2.45, 2.75) is 38.6 Å². The molecule has 5 nitrogen and oxygen atoms in total. The summed E-state index contributed by atoms with van der Waals surface area (Å²) in [5, 5.41) is 0. The lowest BCUT2D eigenvalue weighted by Crippen LogP contribution is -2.19. The summed E-state index contributed by atoms with van der Waals surface area (Å²) in [6, 6.07) is -0.667. The molecule has 17 heavy (non-hydrogen) atoms. The second-order valence-corrected chi connectivity index (χ2v) is 3.70. The summed E-state index contributed by atoms with van der Waals surface area (Å²) >= 11 is 0. The molecule has 0 fully saturated rings. The van der Waals surface area contributed by atoms with E-state index in [1.807, 2.05) is 0 Å². The first kappa shape index (κ1) is 15.2. The zero-order valence-electron chi connectivity index (χ0n) is 9.94. The van der Waals surface area contributed by atoms with Gasteiger partial charge >= 0.3 is 0 Å². The average Bonchev–Trinajstić information content (AvgIpc) is 2.31. The van der Waals surface area contributed by atoms with Crippen LogP contribution in [0.25, 0.3) is 0 Å². The maximum Gasteiger partial charge on any atom is 0.235 e. The predicted octanol–water partition coefficient (Wildman–Crippen LogP) is 1.73. The minimum atomic E-state index is -0.667. The zero-order valence-corrected chi connectivity index (χ0v) is 9.94. The Morgan fingerprint density at radius 2 is 1.94 bits per heavy atom. The van der Waals surface area contributed by atoms with Crippen LogP contribution in [0.3, 0.4) is 0 Å². The summed E-state index contributed by atoms with van der Waals surface area (Å²) < 4.78 is 0. The molecule has 1 unspecified atom stereocenters. The van der Waals surface area contributed by atoms with Crippen molar-refractivity contribution in [2.24, 2.45) is 9.98 Å². The van der Waals surface area contributed by atoms with E-state index in [-0.39, 0.29) is 5.78 Å². The molecule has 0 N–H and O–H groups in total. The number of carbonyl (C=O) groups excluding carboxylic acids is 3. The number of hydrogen-bond acceptors (Lipinski definition) is 5. The van der Waals surface area contributed by atoms with Gasteiger partial charge in [0.1, 0.15) is 6.04 Å². The topological polar surface area (TPSA) is 75.9 Å². The number of unbranched alkanes of at least 4 members (excludes halogenated alkanes) is 2. The Hall–Kier alpha value is -1.83. The molecular weight excluding hydrogens is 220 g/mol. The third-order valence-corrected chi connectivity index (χ3v) is 2.24. The second kappa shape index (κ2) is 9.40. The van der Waals surface area contributed by atoms with Crippen molar-refractivity contribution in [3.63, 3.8) is 0 Å². The van der Waals surface area contributed by atoms with E-state index in [4.69, 9.17) is 0 Å². The third kappa shape index (κ3) is 7.12. The van der Waals surface area contributed by atoms with E-state index in [2.05, 4.69) is 16.6 Å². The van der Waals surface area contributed by atoms with Gasteiger partial charge < -0.3 is 0 Å². The van der Waals surface area contributed by atoms with Gasteiger partial charge in [-0.05, 0) is 25.3 Å². The number of isocyanates is 2. The molecule has 0 aromatic heterocycles. The lowest BCUT2D eigenvalue weighted by atomic mass is 10.0. The van der Waals surface area contributed by atoms with Crippen LogP contribution in [0.15, 0.2) is 22.1 Å². The zero-order chi connectivity index (χ0) is 13.1. The van der Waals surface area contributed by atoms with Crippen LogP contribution in [0.4, 0.5) is 0 Å². The molecule has 0 radical (unpaired) electrons. The van der Waals surface area contributed by atoms with Crippen molar-refractivity contribution in [2.75, 3.05) is 6.54 Å². The number of Topliss-reactive ketones (excluding diaryl/α,β-unsaturated/α-hetero) is 1. The number of hydrogen-bond donors (Lipinski definition) is 0. The summed E-state index contributed by atoms with van der Waals surface area (Å²) in [4.78, 5) is 38.4. The van der Waals surface area contributed by atoms with Gasteiger partial charge in [0.15, 0.2) is 5.78 Å². The summed E-state index contributed by atoms with van der Waals surface area (Å²) in [7, 11) is 0. The lowest BCUT2D eigenvalue weighted by molar-refractivity contribution is -0.116. The van der Waals surface area contributed by atoms with Crippen molar-refractivity contribution in [3.05, 3.63) is 12.2 Å². The lowest BCUT2D eigenvalue weighted by Gasteiger charge is -2.08. The third-order valence-electron chi connectivity index (χ3n) is 2.24. The van der Waals surface area contributed by atoms with Gasteiger partial charge in [-0.25, -0.2) is 14.6 Å². The van der Waals surface area contributed by atoms with Gasteiger partial charge in [0.05, 0.1) is 6.54 Å². The van der Waals surface area contributed by atoms with E-state index >= 15 is 0 Å². The summed E-state index contributed by atoms with van der Waals surface area (Å²) in [6.45, 7) is 5.57. The molecule has 0 bridgehead atoms. The van der Waals surface area contributed by atoms with E-state index in [0.29, 0.717) is 18.5 Å². The smallest absolute Gasteiger partial charge is 0.235 e. The predicted molar refractivity (Wildman–Crippen MR) is 63.2 cm³/mol. The highest BCUT2D eigenvalue weighted by Gasteiger charge is 2.17. The van der Waals surface area contributed by atoms with Crippen LogP contribution in [-0.4, -0.2) is 30.5 Å². The molecule has 0 aromatic rings. The molecule has 0 saturated carbocycles. The molecule has 1 atom stereocenters. The molecule has 0 aliphatic rings. The standard InChI is InChI=1S/C12H16N2O3/c1-10(2)12(17)11(14-9-16)6-4-3-5-7-13-8-15/h11H,1,3-7H2,2H3. The van der Waals surface area contributed by atoms with E-state index in [9.17, 15) is 14.4 Å². The molecular formula is C12H16N2O3. The van der Waals surface area contributed by atoms with Crippen LogP contribution < -0.4 is 0 Å². The van der Waals surface area contributed by atoms with Gasteiger partial charge in [-0.3, -0.25) is 4.79 Å². The minimum Gasteiger partial charge on any atom is -0.292 e. The molecule has 0 aliphatic carbocycles. The number of aliphatic imine (C=N–C) groups is 2. The average molecular weight is 236 g/mol. The number of rotatable bonds is 9. The van der Waals surface area contributed by atoms with Crippen LogP contribution in [0, 0.1) is 0 Å². The van der Waals surface area contributed by atoms with Crippen molar-refractivity contribution in [1.29, 1.82) is 0 Å². The number of carbonyl (C=O) groups is 1. The monoisotopic (exact) mass is 236 g/mol. The normalized spacial score (nSPS) is 10.9. The molecule has 5 heteroatoms. The molecule has 0 aliphatic heterocycles. The molecule has 0 heterocycles. The number of nitrogens with zero attached hydrogens (tertiary/aromatic N) is 2. The highest BCUT2D eigenvalue weighted by Crippen LogP contribution is 2.10. The van der Waals surface area contributed by atoms with Crippen molar-refractivity contribution >= 4 is 17.9 Å². The Morgan fingerprint density at radius 1 is 1.24 bits per heavy atom. The van der Waals surface area contributed by atoms with Crippen LogP contribution in [-0.2, 0) is 14.4 Å². The van der Waals surface area contributed by atoms with E-state index in [1.54, 1.807) is 6.92 Å². The summed E-state index contributed by atoms with van der Waals surface area (Å²) in [6.07, 6.45) is 5.68. The van der Waals surface area contributed by atoms with Crippen molar-refractivity contribution in [1.82, 2.24) is 0 Å². The quantitative estimate of drug-likeness (QED) is 0.265. The van der Waals surface area contributed by atoms with Gasteiger partial charge in [0, 0.05) is 0 Å². The first-order valence-electron chi connectivity index (χ1n) is 5.43. The molecule has 0 rings (SSSR count). The molecule has 0 spiro atoms.